The summed E-state index contributed by atoms with van der Waals surface area (Å²) in [6.45, 7) is 2.01. The lowest BCUT2D eigenvalue weighted by atomic mass is 9.99. The number of thioether (sulfide) groups is 1. The Balaban J connectivity index is 1.90. The van der Waals surface area contributed by atoms with Gasteiger partial charge in [0.2, 0.25) is 0 Å². The van der Waals surface area contributed by atoms with Gasteiger partial charge in [-0.05, 0) is 12.5 Å². The minimum absolute atomic E-state index is 0.0182. The zero-order chi connectivity index (χ0) is 15.3. The van der Waals surface area contributed by atoms with Gasteiger partial charge < -0.3 is 5.32 Å². The van der Waals surface area contributed by atoms with Gasteiger partial charge >= 0.3 is 0 Å². The standard InChI is InChI=1S/C18H13NO2S/c1-10-5-4-6-11(9-10)17-14-15(19-18(21)22-17)12-7-2-3-8-13(12)16(14)20/h2-9,17H,1H3,(H,19,21). The van der Waals surface area contributed by atoms with Crippen LogP contribution in [0.2, 0.25) is 0 Å². The van der Waals surface area contributed by atoms with E-state index in [2.05, 4.69) is 5.32 Å². The first-order valence-corrected chi connectivity index (χ1v) is 7.95. The lowest BCUT2D eigenvalue weighted by Crippen LogP contribution is -2.25. The molecule has 1 unspecified atom stereocenters. The van der Waals surface area contributed by atoms with Crippen LogP contribution in [0.5, 0.6) is 0 Å². The van der Waals surface area contributed by atoms with Gasteiger partial charge in [-0.15, -0.1) is 0 Å². The normalized spacial score (nSPS) is 19.8. The number of fused-ring (bicyclic) bond motifs is 2. The molecule has 4 rings (SSSR count). The minimum atomic E-state index is -0.247. The van der Waals surface area contributed by atoms with Crippen LogP contribution in [0, 0.1) is 6.92 Å². The van der Waals surface area contributed by atoms with Crippen LogP contribution in [0.1, 0.15) is 32.3 Å². The van der Waals surface area contributed by atoms with E-state index in [1.54, 1.807) is 0 Å². The highest BCUT2D eigenvalue weighted by molar-refractivity contribution is 8.14. The maximum atomic E-state index is 12.8. The Morgan fingerprint density at radius 3 is 2.55 bits per heavy atom. The molecule has 1 atom stereocenters. The summed E-state index contributed by atoms with van der Waals surface area (Å²) in [7, 11) is 0. The number of hydrogen-bond acceptors (Lipinski definition) is 3. The SMILES string of the molecule is Cc1cccc(C2SC(=O)NC3=C2C(=O)c2ccccc23)c1. The lowest BCUT2D eigenvalue weighted by Gasteiger charge is -2.24. The highest BCUT2D eigenvalue weighted by atomic mass is 32.2. The van der Waals surface area contributed by atoms with Crippen molar-refractivity contribution in [3.05, 3.63) is 76.4 Å². The van der Waals surface area contributed by atoms with E-state index in [-0.39, 0.29) is 16.3 Å². The first-order chi connectivity index (χ1) is 10.6. The van der Waals surface area contributed by atoms with Gasteiger partial charge in [0.1, 0.15) is 0 Å². The van der Waals surface area contributed by atoms with E-state index in [1.807, 2.05) is 55.5 Å². The molecule has 0 bridgehead atoms. The summed E-state index contributed by atoms with van der Waals surface area (Å²) in [6.07, 6.45) is 0. The second kappa shape index (κ2) is 4.85. The summed E-state index contributed by atoms with van der Waals surface area (Å²) >= 11 is 1.17. The quantitative estimate of drug-likeness (QED) is 0.862. The Labute approximate surface area is 132 Å². The van der Waals surface area contributed by atoms with Crippen molar-refractivity contribution in [2.75, 3.05) is 0 Å². The monoisotopic (exact) mass is 307 g/mol. The molecule has 0 fully saturated rings. The van der Waals surface area contributed by atoms with Crippen LogP contribution in [0.15, 0.2) is 54.1 Å². The largest absolute Gasteiger partial charge is 0.316 e. The highest BCUT2D eigenvalue weighted by Crippen LogP contribution is 2.48. The molecule has 1 amide bonds. The number of carbonyl (C=O) groups excluding carboxylic acids is 2. The fraction of sp³-hybridized carbons (Fsp3) is 0.111. The fourth-order valence-electron chi connectivity index (χ4n) is 3.05. The Morgan fingerprint density at radius 1 is 1.00 bits per heavy atom. The molecule has 108 valence electrons. The Kier molecular flexibility index (Phi) is 2.94. The molecule has 1 heterocycles. The van der Waals surface area contributed by atoms with Crippen molar-refractivity contribution in [1.29, 1.82) is 0 Å². The van der Waals surface area contributed by atoms with Gasteiger partial charge in [0.25, 0.3) is 5.24 Å². The third-order valence-electron chi connectivity index (χ3n) is 4.01. The molecule has 2 aromatic rings. The van der Waals surface area contributed by atoms with E-state index in [9.17, 15) is 9.59 Å². The van der Waals surface area contributed by atoms with E-state index in [0.29, 0.717) is 16.8 Å². The summed E-state index contributed by atoms with van der Waals surface area (Å²) < 4.78 is 0. The van der Waals surface area contributed by atoms with Crippen LogP contribution in [-0.4, -0.2) is 11.0 Å². The number of carbonyl (C=O) groups is 2. The smallest absolute Gasteiger partial charge is 0.284 e. The lowest BCUT2D eigenvalue weighted by molar-refractivity contribution is 0.103. The summed E-state index contributed by atoms with van der Waals surface area (Å²) in [6, 6.07) is 15.4. The van der Waals surface area contributed by atoms with Crippen LogP contribution in [-0.2, 0) is 0 Å². The van der Waals surface area contributed by atoms with Gasteiger partial charge in [-0.1, -0.05) is 65.9 Å². The van der Waals surface area contributed by atoms with E-state index < -0.39 is 0 Å². The average molecular weight is 307 g/mol. The van der Waals surface area contributed by atoms with Crippen molar-refractivity contribution in [3.63, 3.8) is 0 Å². The molecule has 0 aromatic heterocycles. The molecule has 1 aliphatic heterocycles. The van der Waals surface area contributed by atoms with Crippen LogP contribution < -0.4 is 5.32 Å². The third-order valence-corrected chi connectivity index (χ3v) is 5.07. The second-order valence-electron chi connectivity index (χ2n) is 5.49. The molecule has 1 aliphatic carbocycles. The second-order valence-corrected chi connectivity index (χ2v) is 6.57. The summed E-state index contributed by atoms with van der Waals surface area (Å²) in [5, 5.41) is 2.50. The first-order valence-electron chi connectivity index (χ1n) is 7.07. The molecule has 0 saturated heterocycles. The minimum Gasteiger partial charge on any atom is -0.316 e. The van der Waals surface area contributed by atoms with Gasteiger partial charge in [0.15, 0.2) is 5.78 Å². The van der Waals surface area contributed by atoms with Crippen molar-refractivity contribution in [2.24, 2.45) is 0 Å². The van der Waals surface area contributed by atoms with Gasteiger partial charge in [-0.3, -0.25) is 9.59 Å². The van der Waals surface area contributed by atoms with Crippen LogP contribution in [0.4, 0.5) is 4.79 Å². The molecular formula is C18H13NO2S. The van der Waals surface area contributed by atoms with E-state index in [4.69, 9.17) is 0 Å². The number of rotatable bonds is 1. The predicted octanol–water partition coefficient (Wildman–Crippen LogP) is 4.10. The topological polar surface area (TPSA) is 46.2 Å². The fourth-order valence-corrected chi connectivity index (χ4v) is 4.05. The van der Waals surface area contributed by atoms with E-state index in [0.717, 1.165) is 16.7 Å². The average Bonchev–Trinajstić information content (AvgIpc) is 2.80. The zero-order valence-electron chi connectivity index (χ0n) is 11.9. The van der Waals surface area contributed by atoms with Crippen LogP contribution >= 0.6 is 11.8 Å². The van der Waals surface area contributed by atoms with Crippen LogP contribution in [0.3, 0.4) is 0 Å². The zero-order valence-corrected chi connectivity index (χ0v) is 12.7. The number of amides is 1. The molecule has 0 saturated carbocycles. The van der Waals surface area contributed by atoms with Gasteiger partial charge in [-0.25, -0.2) is 0 Å². The van der Waals surface area contributed by atoms with Gasteiger partial charge in [0, 0.05) is 16.7 Å². The molecule has 1 N–H and O–H groups in total. The molecule has 3 nitrogen and oxygen atoms in total. The third kappa shape index (κ3) is 1.91. The number of benzene rings is 2. The van der Waals surface area contributed by atoms with Crippen molar-refractivity contribution < 1.29 is 9.59 Å². The molecule has 2 aliphatic rings. The molecule has 2 aromatic carbocycles. The number of hydrogen-bond donors (Lipinski definition) is 1. The van der Waals surface area contributed by atoms with E-state index >= 15 is 0 Å². The summed E-state index contributed by atoms with van der Waals surface area (Å²) in [5.74, 6) is 0.0182. The Hall–Kier alpha value is -2.33. The van der Waals surface area contributed by atoms with Crippen LogP contribution in [0.25, 0.3) is 5.70 Å². The van der Waals surface area contributed by atoms with Crippen molar-refractivity contribution in [3.8, 4) is 0 Å². The number of Topliss-reactive ketones (excluding diaryl/α,β-unsaturated/α-hetero) is 1. The molecule has 4 heteroatoms. The maximum absolute atomic E-state index is 12.8. The molecule has 0 radical (unpaired) electrons. The van der Waals surface area contributed by atoms with Gasteiger partial charge in [-0.2, -0.15) is 0 Å². The van der Waals surface area contributed by atoms with Crippen molar-refractivity contribution in [1.82, 2.24) is 5.32 Å². The Bertz CT molecular complexity index is 854. The molecule has 0 spiro atoms. The number of nitrogens with one attached hydrogen (secondary N) is 1. The summed E-state index contributed by atoms with van der Waals surface area (Å²) in [5.41, 5.74) is 4.98. The first kappa shape index (κ1) is 13.3. The van der Waals surface area contributed by atoms with Crippen molar-refractivity contribution in [2.45, 2.75) is 12.2 Å². The molecular weight excluding hydrogens is 294 g/mol. The van der Waals surface area contributed by atoms with Crippen molar-refractivity contribution >= 4 is 28.5 Å². The number of ketones is 1. The van der Waals surface area contributed by atoms with E-state index in [1.165, 1.54) is 11.8 Å². The number of aryl methyl sites for hydroxylation is 1. The molecule has 22 heavy (non-hydrogen) atoms. The van der Waals surface area contributed by atoms with Gasteiger partial charge in [0.05, 0.1) is 10.9 Å². The summed E-state index contributed by atoms with van der Waals surface area (Å²) in [4.78, 5) is 24.9. The Morgan fingerprint density at radius 2 is 1.77 bits per heavy atom. The highest BCUT2D eigenvalue weighted by Gasteiger charge is 2.40. The predicted molar refractivity (Wildman–Crippen MR) is 87.7 cm³/mol. The maximum Gasteiger partial charge on any atom is 0.284 e.